The Kier molecular flexibility index (Phi) is 4.28. The SMILES string of the molecule is COc1ccc(Sc2nc(Cl)c(CO)s2)cc1. The van der Waals surface area contributed by atoms with Crippen molar-refractivity contribution in [2.24, 2.45) is 0 Å². The van der Waals surface area contributed by atoms with Gasteiger partial charge in [-0.1, -0.05) is 23.4 Å². The summed E-state index contributed by atoms with van der Waals surface area (Å²) < 4.78 is 5.91. The number of benzene rings is 1. The van der Waals surface area contributed by atoms with E-state index < -0.39 is 0 Å². The highest BCUT2D eigenvalue weighted by atomic mass is 35.5. The van der Waals surface area contributed by atoms with Gasteiger partial charge in [0.2, 0.25) is 0 Å². The largest absolute Gasteiger partial charge is 0.497 e. The Morgan fingerprint density at radius 1 is 1.41 bits per heavy atom. The average Bonchev–Trinajstić information content (AvgIpc) is 2.70. The number of hydrogen-bond donors (Lipinski definition) is 1. The molecule has 0 fully saturated rings. The average molecular weight is 288 g/mol. The summed E-state index contributed by atoms with van der Waals surface area (Å²) in [4.78, 5) is 5.93. The van der Waals surface area contributed by atoms with Crippen LogP contribution in [0.1, 0.15) is 4.88 Å². The number of methoxy groups -OCH3 is 1. The lowest BCUT2D eigenvalue weighted by atomic mass is 10.3. The number of nitrogens with zero attached hydrogens (tertiary/aromatic N) is 1. The van der Waals surface area contributed by atoms with Crippen LogP contribution in [0.25, 0.3) is 0 Å². The van der Waals surface area contributed by atoms with Gasteiger partial charge in [-0.15, -0.1) is 11.3 Å². The molecule has 1 heterocycles. The van der Waals surface area contributed by atoms with Crippen molar-refractivity contribution in [3.8, 4) is 5.75 Å². The highest BCUT2D eigenvalue weighted by Crippen LogP contribution is 2.35. The van der Waals surface area contributed by atoms with Crippen LogP contribution in [-0.2, 0) is 6.61 Å². The second-order valence-electron chi connectivity index (χ2n) is 3.13. The summed E-state index contributed by atoms with van der Waals surface area (Å²) >= 11 is 8.78. The van der Waals surface area contributed by atoms with Crippen molar-refractivity contribution < 1.29 is 9.84 Å². The van der Waals surface area contributed by atoms with Gasteiger partial charge in [-0.05, 0) is 24.3 Å². The summed E-state index contributed by atoms with van der Waals surface area (Å²) in [6.45, 7) is -0.0698. The minimum Gasteiger partial charge on any atom is -0.497 e. The fourth-order valence-electron chi connectivity index (χ4n) is 1.20. The first-order valence-corrected chi connectivity index (χ1v) is 6.82. The maximum atomic E-state index is 9.03. The lowest BCUT2D eigenvalue weighted by Crippen LogP contribution is -1.81. The van der Waals surface area contributed by atoms with Crippen LogP contribution < -0.4 is 4.74 Å². The number of aliphatic hydroxyl groups is 1. The van der Waals surface area contributed by atoms with Gasteiger partial charge in [0, 0.05) is 4.90 Å². The molecule has 0 saturated carbocycles. The van der Waals surface area contributed by atoms with Crippen molar-refractivity contribution in [1.29, 1.82) is 0 Å². The molecule has 2 rings (SSSR count). The summed E-state index contributed by atoms with van der Waals surface area (Å²) in [6, 6.07) is 7.70. The van der Waals surface area contributed by atoms with Gasteiger partial charge in [0.15, 0.2) is 4.34 Å². The van der Waals surface area contributed by atoms with E-state index in [0.29, 0.717) is 10.0 Å². The van der Waals surface area contributed by atoms with E-state index in [9.17, 15) is 0 Å². The summed E-state index contributed by atoms with van der Waals surface area (Å²) in [6.07, 6.45) is 0. The predicted octanol–water partition coefficient (Wildman–Crippen LogP) is 3.45. The van der Waals surface area contributed by atoms with Gasteiger partial charge < -0.3 is 9.84 Å². The van der Waals surface area contributed by atoms with Crippen molar-refractivity contribution >= 4 is 34.7 Å². The Hall–Kier alpha value is -0.750. The monoisotopic (exact) mass is 287 g/mol. The van der Waals surface area contributed by atoms with Gasteiger partial charge in [-0.3, -0.25) is 0 Å². The lowest BCUT2D eigenvalue weighted by molar-refractivity contribution is 0.285. The van der Waals surface area contributed by atoms with Gasteiger partial charge in [-0.2, -0.15) is 0 Å². The molecule has 0 unspecified atom stereocenters. The quantitative estimate of drug-likeness (QED) is 0.935. The van der Waals surface area contributed by atoms with Crippen LogP contribution in [-0.4, -0.2) is 17.2 Å². The minimum atomic E-state index is -0.0698. The first-order chi connectivity index (χ1) is 8.22. The molecule has 0 bridgehead atoms. The van der Waals surface area contributed by atoms with Gasteiger partial charge in [0.25, 0.3) is 0 Å². The Balaban J connectivity index is 2.13. The number of aliphatic hydroxyl groups excluding tert-OH is 1. The molecule has 1 aromatic carbocycles. The second kappa shape index (κ2) is 5.73. The van der Waals surface area contributed by atoms with E-state index in [0.717, 1.165) is 15.0 Å². The summed E-state index contributed by atoms with van der Waals surface area (Å²) in [5.74, 6) is 0.822. The molecule has 2 aromatic rings. The molecule has 0 aliphatic heterocycles. The fourth-order valence-corrected chi connectivity index (χ4v) is 3.47. The molecule has 0 spiro atoms. The van der Waals surface area contributed by atoms with Crippen molar-refractivity contribution in [3.63, 3.8) is 0 Å². The number of aromatic nitrogens is 1. The van der Waals surface area contributed by atoms with Crippen molar-refractivity contribution in [2.45, 2.75) is 15.8 Å². The summed E-state index contributed by atoms with van der Waals surface area (Å²) in [7, 11) is 1.64. The molecule has 0 saturated heterocycles. The Labute approximate surface area is 112 Å². The molecule has 3 nitrogen and oxygen atoms in total. The van der Waals surface area contributed by atoms with E-state index in [1.807, 2.05) is 24.3 Å². The standard InChI is InChI=1S/C11H10ClNO2S2/c1-15-7-2-4-8(5-3-7)16-11-13-10(12)9(6-14)17-11/h2-5,14H,6H2,1H3. The topological polar surface area (TPSA) is 42.4 Å². The first kappa shape index (κ1) is 12.7. The highest BCUT2D eigenvalue weighted by Gasteiger charge is 2.09. The molecular weight excluding hydrogens is 278 g/mol. The summed E-state index contributed by atoms with van der Waals surface area (Å²) in [5, 5.41) is 9.41. The maximum absolute atomic E-state index is 9.03. The van der Waals surface area contributed by atoms with Gasteiger partial charge in [-0.25, -0.2) is 4.98 Å². The van der Waals surface area contributed by atoms with Gasteiger partial charge in [0.1, 0.15) is 10.9 Å². The van der Waals surface area contributed by atoms with Crippen molar-refractivity contribution in [3.05, 3.63) is 34.3 Å². The van der Waals surface area contributed by atoms with E-state index >= 15 is 0 Å². The Morgan fingerprint density at radius 2 is 2.12 bits per heavy atom. The van der Waals surface area contributed by atoms with E-state index in [4.69, 9.17) is 21.4 Å². The Morgan fingerprint density at radius 3 is 2.65 bits per heavy atom. The molecule has 6 heteroatoms. The van der Waals surface area contributed by atoms with Crippen LogP contribution in [0.3, 0.4) is 0 Å². The third-order valence-electron chi connectivity index (χ3n) is 2.04. The predicted molar refractivity (Wildman–Crippen MR) is 70.2 cm³/mol. The van der Waals surface area contributed by atoms with Gasteiger partial charge >= 0.3 is 0 Å². The molecular formula is C11H10ClNO2S2. The van der Waals surface area contributed by atoms with E-state index in [2.05, 4.69) is 4.98 Å². The number of halogens is 1. The molecule has 1 aromatic heterocycles. The zero-order valence-corrected chi connectivity index (χ0v) is 11.4. The van der Waals surface area contributed by atoms with Crippen LogP contribution in [0.15, 0.2) is 33.5 Å². The van der Waals surface area contributed by atoms with Crippen LogP contribution in [0.5, 0.6) is 5.75 Å². The second-order valence-corrected chi connectivity index (χ2v) is 5.89. The molecule has 0 amide bonds. The molecule has 0 radical (unpaired) electrons. The summed E-state index contributed by atoms with van der Waals surface area (Å²) in [5.41, 5.74) is 0. The van der Waals surface area contributed by atoms with Crippen molar-refractivity contribution in [1.82, 2.24) is 4.98 Å². The minimum absolute atomic E-state index is 0.0698. The van der Waals surface area contributed by atoms with Crippen molar-refractivity contribution in [2.75, 3.05) is 7.11 Å². The Bertz CT molecular complexity index is 499. The lowest BCUT2D eigenvalue weighted by Gasteiger charge is -2.00. The van der Waals surface area contributed by atoms with E-state index in [1.165, 1.54) is 23.1 Å². The smallest absolute Gasteiger partial charge is 0.156 e. The molecule has 0 atom stereocenters. The molecule has 0 aliphatic rings. The van der Waals surface area contributed by atoms with E-state index in [1.54, 1.807) is 7.11 Å². The fraction of sp³-hybridized carbons (Fsp3) is 0.182. The molecule has 17 heavy (non-hydrogen) atoms. The third kappa shape index (κ3) is 3.13. The normalized spacial score (nSPS) is 10.5. The van der Waals surface area contributed by atoms with Crippen LogP contribution in [0.2, 0.25) is 5.15 Å². The number of rotatable bonds is 4. The number of thiazole rings is 1. The van der Waals surface area contributed by atoms with E-state index in [-0.39, 0.29) is 6.61 Å². The van der Waals surface area contributed by atoms with Crippen LogP contribution in [0.4, 0.5) is 0 Å². The molecule has 90 valence electrons. The molecule has 1 N–H and O–H groups in total. The zero-order chi connectivity index (χ0) is 12.3. The number of hydrogen-bond acceptors (Lipinski definition) is 5. The van der Waals surface area contributed by atoms with Crippen LogP contribution >= 0.6 is 34.7 Å². The van der Waals surface area contributed by atoms with Gasteiger partial charge in [0.05, 0.1) is 18.6 Å². The first-order valence-electron chi connectivity index (χ1n) is 4.81. The van der Waals surface area contributed by atoms with Crippen LogP contribution in [0, 0.1) is 0 Å². The maximum Gasteiger partial charge on any atom is 0.156 e. The zero-order valence-electron chi connectivity index (χ0n) is 9.01. The molecule has 0 aliphatic carbocycles. The number of ether oxygens (including phenoxy) is 1. The highest BCUT2D eigenvalue weighted by molar-refractivity contribution is 8.01. The third-order valence-corrected chi connectivity index (χ3v) is 4.57.